The zero-order valence-electron chi connectivity index (χ0n) is 15.1. The fourth-order valence-corrected chi connectivity index (χ4v) is 3.20. The van der Waals surface area contributed by atoms with E-state index >= 15 is 0 Å². The van der Waals surface area contributed by atoms with Crippen LogP contribution in [-0.2, 0) is 13.0 Å². The molecule has 0 saturated heterocycles. The largest absolute Gasteiger partial charge is 0.467 e. The van der Waals surface area contributed by atoms with Gasteiger partial charge < -0.3 is 20.4 Å². The molecule has 2 unspecified atom stereocenters. The van der Waals surface area contributed by atoms with Crippen LogP contribution in [0.5, 0.6) is 0 Å². The first-order valence-corrected chi connectivity index (χ1v) is 8.51. The van der Waals surface area contributed by atoms with Gasteiger partial charge in [-0.15, -0.1) is 24.8 Å². The van der Waals surface area contributed by atoms with E-state index in [4.69, 9.17) is 10.2 Å². The number of carbonyl (C=O) groups excluding carboxylic acids is 1. The Morgan fingerprint density at radius 2 is 2.08 bits per heavy atom. The van der Waals surface area contributed by atoms with E-state index in [0.29, 0.717) is 30.5 Å². The number of furan rings is 1. The number of nitrogens with zero attached hydrogens (tertiary/aromatic N) is 1. The number of carbonyl (C=O) groups is 1. The van der Waals surface area contributed by atoms with E-state index in [-0.39, 0.29) is 36.8 Å². The maximum Gasteiger partial charge on any atom is 0.254 e. The summed E-state index contributed by atoms with van der Waals surface area (Å²) < 4.78 is 5.61. The van der Waals surface area contributed by atoms with Crippen molar-refractivity contribution in [3.8, 4) is 0 Å². The lowest BCUT2D eigenvalue weighted by Crippen LogP contribution is -2.31. The van der Waals surface area contributed by atoms with Crippen LogP contribution >= 0.6 is 24.8 Å². The van der Waals surface area contributed by atoms with Crippen LogP contribution in [0.2, 0.25) is 0 Å². The molecule has 7 heteroatoms. The Kier molecular flexibility index (Phi) is 8.47. The minimum absolute atomic E-state index is 0. The maximum absolute atomic E-state index is 12.4. The fourth-order valence-electron chi connectivity index (χ4n) is 3.20. The van der Waals surface area contributed by atoms with E-state index in [9.17, 15) is 4.79 Å². The lowest BCUT2D eigenvalue weighted by atomic mass is 10.1. The van der Waals surface area contributed by atoms with Crippen LogP contribution in [0.3, 0.4) is 0 Å². The molecule has 1 aliphatic heterocycles. The monoisotopic (exact) mass is 399 g/mol. The zero-order valence-corrected chi connectivity index (χ0v) is 16.7. The van der Waals surface area contributed by atoms with Gasteiger partial charge in [0.05, 0.1) is 18.4 Å². The summed E-state index contributed by atoms with van der Waals surface area (Å²) in [7, 11) is 0. The standard InChI is InChI=1S/C19H25N3O2.2ClH/c1-13(20)7-9-21-19(23)16-8-10-24-18(16)12-22-14(2)11-15-5-3-4-6-17(15)22;;/h3-6,8,10,13-14H,7,9,11-12,20H2,1-2H3,(H,21,23);2*1H. The Labute approximate surface area is 167 Å². The maximum atomic E-state index is 12.4. The van der Waals surface area contributed by atoms with E-state index in [0.717, 1.165) is 12.8 Å². The van der Waals surface area contributed by atoms with Gasteiger partial charge >= 0.3 is 0 Å². The number of fused-ring (bicyclic) bond motifs is 1. The van der Waals surface area contributed by atoms with Crippen molar-refractivity contribution in [3.63, 3.8) is 0 Å². The Balaban J connectivity index is 0.00000169. The summed E-state index contributed by atoms with van der Waals surface area (Å²) >= 11 is 0. The molecular weight excluding hydrogens is 373 g/mol. The highest BCUT2D eigenvalue weighted by atomic mass is 35.5. The second kappa shape index (κ2) is 9.86. The Morgan fingerprint density at radius 1 is 1.35 bits per heavy atom. The highest BCUT2D eigenvalue weighted by Crippen LogP contribution is 2.33. The van der Waals surface area contributed by atoms with Crippen LogP contribution < -0.4 is 16.0 Å². The number of amides is 1. The van der Waals surface area contributed by atoms with E-state index in [2.05, 4.69) is 35.3 Å². The second-order valence-electron chi connectivity index (χ2n) is 6.59. The van der Waals surface area contributed by atoms with Crippen LogP contribution in [0.1, 0.15) is 41.9 Å². The first-order chi connectivity index (χ1) is 11.6. The summed E-state index contributed by atoms with van der Waals surface area (Å²) in [5.41, 5.74) is 8.90. The number of nitrogens with one attached hydrogen (secondary N) is 1. The van der Waals surface area contributed by atoms with Gasteiger partial charge in [0.25, 0.3) is 5.91 Å². The molecule has 2 aromatic rings. The molecule has 0 radical (unpaired) electrons. The van der Waals surface area contributed by atoms with Crippen molar-refractivity contribution in [1.82, 2.24) is 5.32 Å². The van der Waals surface area contributed by atoms with Crippen molar-refractivity contribution in [2.75, 3.05) is 11.4 Å². The number of benzene rings is 1. The third kappa shape index (κ3) is 4.93. The van der Waals surface area contributed by atoms with Crippen LogP contribution in [0.15, 0.2) is 41.0 Å². The average Bonchev–Trinajstić information content (AvgIpc) is 3.12. The molecule has 2 atom stereocenters. The summed E-state index contributed by atoms with van der Waals surface area (Å²) in [5, 5.41) is 2.91. The molecule has 1 aromatic heterocycles. The average molecular weight is 400 g/mol. The van der Waals surface area contributed by atoms with Gasteiger partial charge in [0.15, 0.2) is 0 Å². The molecule has 0 fully saturated rings. The third-order valence-electron chi connectivity index (χ3n) is 4.54. The fraction of sp³-hybridized carbons (Fsp3) is 0.421. The number of hydrogen-bond donors (Lipinski definition) is 2. The normalized spacial score (nSPS) is 16.3. The molecule has 3 N–H and O–H groups in total. The molecule has 0 spiro atoms. The number of para-hydroxylation sites is 1. The van der Waals surface area contributed by atoms with Gasteiger partial charge in [-0.3, -0.25) is 4.79 Å². The van der Waals surface area contributed by atoms with Gasteiger partial charge in [-0.05, 0) is 44.4 Å². The van der Waals surface area contributed by atoms with Gasteiger partial charge in [-0.25, -0.2) is 0 Å². The van der Waals surface area contributed by atoms with E-state index in [1.165, 1.54) is 11.3 Å². The van der Waals surface area contributed by atoms with Crippen LogP contribution in [0, 0.1) is 0 Å². The van der Waals surface area contributed by atoms with Crippen LogP contribution in [-0.4, -0.2) is 24.5 Å². The summed E-state index contributed by atoms with van der Waals surface area (Å²) in [5.74, 6) is 0.608. The number of halogens is 2. The number of nitrogens with two attached hydrogens (primary N) is 1. The molecule has 144 valence electrons. The Morgan fingerprint density at radius 3 is 2.81 bits per heavy atom. The van der Waals surface area contributed by atoms with Gasteiger partial charge in [0.1, 0.15) is 5.76 Å². The molecule has 26 heavy (non-hydrogen) atoms. The molecule has 0 saturated carbocycles. The van der Waals surface area contributed by atoms with Crippen LogP contribution in [0.25, 0.3) is 0 Å². The van der Waals surface area contributed by atoms with Crippen molar-refractivity contribution in [2.45, 2.75) is 45.3 Å². The van der Waals surface area contributed by atoms with Crippen LogP contribution in [0.4, 0.5) is 5.69 Å². The van der Waals surface area contributed by atoms with Crippen molar-refractivity contribution in [1.29, 1.82) is 0 Å². The number of hydrogen-bond acceptors (Lipinski definition) is 4. The molecule has 0 bridgehead atoms. The molecule has 5 nitrogen and oxygen atoms in total. The summed E-state index contributed by atoms with van der Waals surface area (Å²) in [4.78, 5) is 14.7. The van der Waals surface area contributed by atoms with Gasteiger partial charge in [0, 0.05) is 24.3 Å². The molecule has 0 aliphatic carbocycles. The van der Waals surface area contributed by atoms with Crippen molar-refractivity contribution in [3.05, 3.63) is 53.5 Å². The summed E-state index contributed by atoms with van der Waals surface area (Å²) in [6, 6.07) is 10.6. The molecule has 1 aromatic carbocycles. The Bertz CT molecular complexity index is 718. The van der Waals surface area contributed by atoms with Crippen molar-refractivity contribution < 1.29 is 9.21 Å². The SMILES string of the molecule is CC(N)CCNC(=O)c1ccoc1CN1c2ccccc2CC1C.Cl.Cl. The van der Waals surface area contributed by atoms with Gasteiger partial charge in [0.2, 0.25) is 0 Å². The van der Waals surface area contributed by atoms with E-state index in [1.54, 1.807) is 12.3 Å². The molecule has 1 amide bonds. The summed E-state index contributed by atoms with van der Waals surface area (Å²) in [6.45, 7) is 5.30. The molecule has 1 aliphatic rings. The predicted octanol–water partition coefficient (Wildman–Crippen LogP) is 3.54. The second-order valence-corrected chi connectivity index (χ2v) is 6.59. The molecular formula is C19H27Cl2N3O2. The smallest absolute Gasteiger partial charge is 0.254 e. The van der Waals surface area contributed by atoms with Gasteiger partial charge in [-0.2, -0.15) is 0 Å². The zero-order chi connectivity index (χ0) is 17.1. The highest BCUT2D eigenvalue weighted by Gasteiger charge is 2.27. The lowest BCUT2D eigenvalue weighted by Gasteiger charge is -2.24. The quantitative estimate of drug-likeness (QED) is 0.778. The minimum Gasteiger partial charge on any atom is -0.467 e. The lowest BCUT2D eigenvalue weighted by molar-refractivity contribution is 0.0950. The number of rotatable bonds is 6. The van der Waals surface area contributed by atoms with E-state index < -0.39 is 0 Å². The predicted molar refractivity (Wildman–Crippen MR) is 110 cm³/mol. The van der Waals surface area contributed by atoms with Crippen molar-refractivity contribution >= 4 is 36.4 Å². The van der Waals surface area contributed by atoms with Gasteiger partial charge in [-0.1, -0.05) is 18.2 Å². The summed E-state index contributed by atoms with van der Waals surface area (Å²) in [6.07, 6.45) is 3.37. The topological polar surface area (TPSA) is 71.5 Å². The minimum atomic E-state index is -0.0977. The number of anilines is 1. The third-order valence-corrected chi connectivity index (χ3v) is 4.54. The highest BCUT2D eigenvalue weighted by molar-refractivity contribution is 5.95. The molecule has 2 heterocycles. The first-order valence-electron chi connectivity index (χ1n) is 8.51. The Hall–Kier alpha value is -1.69. The molecule has 3 rings (SSSR count). The van der Waals surface area contributed by atoms with Crippen molar-refractivity contribution in [2.24, 2.45) is 5.73 Å². The first kappa shape index (κ1) is 22.4. The van der Waals surface area contributed by atoms with E-state index in [1.807, 2.05) is 13.0 Å².